The highest BCUT2D eigenvalue weighted by Gasteiger charge is 2.50. The molecule has 1 fully saturated rings. The molecule has 0 aliphatic carbocycles. The lowest BCUT2D eigenvalue weighted by Gasteiger charge is -2.37. The fourth-order valence-electron chi connectivity index (χ4n) is 3.97. The lowest BCUT2D eigenvalue weighted by atomic mass is 10.1. The van der Waals surface area contributed by atoms with Gasteiger partial charge in [0.2, 0.25) is 0 Å². The predicted octanol–water partition coefficient (Wildman–Crippen LogP) is 3.83. The first-order chi connectivity index (χ1) is 16.2. The number of rotatable bonds is 11. The van der Waals surface area contributed by atoms with Crippen molar-refractivity contribution in [3.8, 4) is 6.07 Å². The average molecular weight is 501 g/mol. The van der Waals surface area contributed by atoms with E-state index in [1.54, 1.807) is 6.07 Å². The molecule has 1 aliphatic rings. The molecular weight excluding hydrogens is 471 g/mol. The molecule has 0 aromatic carbocycles. The minimum absolute atomic E-state index is 0.0219. The van der Waals surface area contributed by atoms with Crippen LogP contribution in [0.25, 0.3) is 11.0 Å². The van der Waals surface area contributed by atoms with Crippen LogP contribution in [0.1, 0.15) is 46.0 Å². The van der Waals surface area contributed by atoms with E-state index in [0.717, 1.165) is 10.3 Å². The number of alkyl halides is 1. The summed E-state index contributed by atoms with van der Waals surface area (Å²) in [5, 5.41) is 9.48. The van der Waals surface area contributed by atoms with E-state index in [2.05, 4.69) is 14.9 Å². The highest BCUT2D eigenvalue weighted by Crippen LogP contribution is 2.50. The lowest BCUT2D eigenvalue weighted by Crippen LogP contribution is -2.39. The molecule has 1 aliphatic heterocycles. The van der Waals surface area contributed by atoms with Crippen LogP contribution in [0.4, 0.5) is 8.92 Å². The Morgan fingerprint density at radius 3 is 2.71 bits per heavy atom. The van der Waals surface area contributed by atoms with Gasteiger partial charge < -0.3 is 18.8 Å². The molecule has 0 saturated carbocycles. The summed E-state index contributed by atoms with van der Waals surface area (Å²) in [7, 11) is -1.83. The number of nitrogens with zero attached hydrogens (tertiary/aromatic N) is 4. The van der Waals surface area contributed by atoms with Crippen molar-refractivity contribution in [1.29, 1.82) is 5.26 Å². The number of nitrogens with one attached hydrogen (secondary N) is 1. The molecule has 34 heavy (non-hydrogen) atoms. The summed E-state index contributed by atoms with van der Waals surface area (Å²) < 4.78 is 49.2. The van der Waals surface area contributed by atoms with Gasteiger partial charge in [0.1, 0.15) is 24.5 Å². The second-order valence-electron chi connectivity index (χ2n) is 8.59. The van der Waals surface area contributed by atoms with E-state index in [4.69, 9.17) is 19.0 Å². The Labute approximate surface area is 197 Å². The van der Waals surface area contributed by atoms with Crippen LogP contribution in [0.15, 0.2) is 17.1 Å². The number of hydrogen-bond donors (Lipinski definition) is 1. The molecule has 2 aromatic heterocycles. The maximum atomic E-state index is 15.8. The van der Waals surface area contributed by atoms with E-state index in [1.807, 2.05) is 45.4 Å². The molecule has 188 valence electrons. The van der Waals surface area contributed by atoms with Gasteiger partial charge in [-0.1, -0.05) is 0 Å². The summed E-state index contributed by atoms with van der Waals surface area (Å²) in [6.45, 7) is 9.05. The Kier molecular flexibility index (Phi) is 9.09. The van der Waals surface area contributed by atoms with E-state index < -0.39 is 45.4 Å². The van der Waals surface area contributed by atoms with Gasteiger partial charge in [0.15, 0.2) is 12.4 Å². The van der Waals surface area contributed by atoms with Gasteiger partial charge in [0, 0.05) is 29.4 Å². The third kappa shape index (κ3) is 5.79. The first-order valence-corrected chi connectivity index (χ1v) is 12.2. The summed E-state index contributed by atoms with van der Waals surface area (Å²) in [5.41, 5.74) is 0.444. The lowest BCUT2D eigenvalue weighted by molar-refractivity contribution is -0.175. The van der Waals surface area contributed by atoms with Gasteiger partial charge in [-0.25, -0.2) is 13.9 Å². The van der Waals surface area contributed by atoms with E-state index in [9.17, 15) is 9.32 Å². The van der Waals surface area contributed by atoms with Crippen LogP contribution in [0.5, 0.6) is 0 Å². The molecule has 0 amide bonds. The number of halogens is 2. The van der Waals surface area contributed by atoms with Crippen LogP contribution in [-0.4, -0.2) is 62.9 Å². The summed E-state index contributed by atoms with van der Waals surface area (Å²) in [6, 6.07) is 3.72. The molecule has 1 saturated heterocycles. The quantitative estimate of drug-likeness (QED) is 0.365. The minimum Gasteiger partial charge on any atom is -0.346 e. The molecule has 0 radical (unpaired) electrons. The number of aromatic amines is 1. The summed E-state index contributed by atoms with van der Waals surface area (Å²) in [6.07, 6.45) is -4.10. The van der Waals surface area contributed by atoms with Crippen molar-refractivity contribution in [2.24, 2.45) is 0 Å². The maximum absolute atomic E-state index is 15.8. The van der Waals surface area contributed by atoms with Crippen LogP contribution in [0.3, 0.4) is 0 Å². The molecular formula is C21H30F2N5O5P. The SMILES string of the molecule is Cc1cc2cn(C3OC(COF)C(OP(OCCC#N)N(C(C)C)C(C)C)C3F)c(=O)nc2[nH]1. The molecule has 3 heterocycles. The highest BCUT2D eigenvalue weighted by atomic mass is 31.2. The number of nitriles is 1. The van der Waals surface area contributed by atoms with Crippen LogP contribution in [0, 0.1) is 18.3 Å². The number of fused-ring (bicyclic) bond motifs is 1. The second-order valence-corrected chi connectivity index (χ2v) is 10.00. The van der Waals surface area contributed by atoms with Crippen molar-refractivity contribution in [3.63, 3.8) is 0 Å². The smallest absolute Gasteiger partial charge is 0.346 e. The monoisotopic (exact) mass is 501 g/mol. The van der Waals surface area contributed by atoms with Crippen LogP contribution >= 0.6 is 8.53 Å². The Balaban J connectivity index is 1.91. The molecule has 13 heteroatoms. The van der Waals surface area contributed by atoms with Gasteiger partial charge in [0.05, 0.1) is 19.1 Å². The van der Waals surface area contributed by atoms with Gasteiger partial charge in [-0.3, -0.25) is 4.57 Å². The number of ether oxygens (including phenoxy) is 1. The van der Waals surface area contributed by atoms with Crippen molar-refractivity contribution < 1.29 is 27.6 Å². The molecule has 5 atom stereocenters. The summed E-state index contributed by atoms with van der Waals surface area (Å²) in [4.78, 5) is 23.3. The topological polar surface area (TPSA) is 115 Å². The average Bonchev–Trinajstić information content (AvgIpc) is 3.26. The zero-order valence-electron chi connectivity index (χ0n) is 19.8. The van der Waals surface area contributed by atoms with Crippen molar-refractivity contribution >= 4 is 19.6 Å². The zero-order valence-corrected chi connectivity index (χ0v) is 20.7. The van der Waals surface area contributed by atoms with E-state index >= 15 is 4.39 Å². The van der Waals surface area contributed by atoms with E-state index in [-0.39, 0.29) is 25.1 Å². The Morgan fingerprint density at radius 1 is 1.38 bits per heavy atom. The summed E-state index contributed by atoms with van der Waals surface area (Å²) >= 11 is 0. The van der Waals surface area contributed by atoms with E-state index in [0.29, 0.717) is 11.0 Å². The highest BCUT2D eigenvalue weighted by molar-refractivity contribution is 7.44. The van der Waals surface area contributed by atoms with Gasteiger partial charge in [0.25, 0.3) is 8.53 Å². The molecule has 2 aromatic rings. The Morgan fingerprint density at radius 2 is 2.09 bits per heavy atom. The number of aryl methyl sites for hydroxylation is 1. The largest absolute Gasteiger partial charge is 0.351 e. The molecule has 10 nitrogen and oxygen atoms in total. The van der Waals surface area contributed by atoms with Gasteiger partial charge in [-0.2, -0.15) is 15.2 Å². The van der Waals surface area contributed by atoms with Gasteiger partial charge in [-0.15, -0.1) is 0 Å². The third-order valence-electron chi connectivity index (χ3n) is 5.31. The number of hydrogen-bond acceptors (Lipinski definition) is 8. The molecule has 5 unspecified atom stereocenters. The second kappa shape index (κ2) is 11.6. The van der Waals surface area contributed by atoms with Gasteiger partial charge >= 0.3 is 5.69 Å². The molecule has 0 bridgehead atoms. The van der Waals surface area contributed by atoms with Crippen LogP contribution in [-0.2, 0) is 18.7 Å². The maximum Gasteiger partial charge on any atom is 0.351 e. The minimum atomic E-state index is -1.84. The fraction of sp³-hybridized carbons (Fsp3) is 0.667. The fourth-order valence-corrected chi connectivity index (χ4v) is 5.73. The van der Waals surface area contributed by atoms with E-state index in [1.165, 1.54) is 6.20 Å². The first kappa shape index (κ1) is 26.6. The van der Waals surface area contributed by atoms with Crippen LogP contribution < -0.4 is 5.69 Å². The Hall–Kier alpha value is -2.00. The van der Waals surface area contributed by atoms with Crippen molar-refractivity contribution in [3.05, 3.63) is 28.4 Å². The number of H-pyrrole nitrogens is 1. The Bertz CT molecular complexity index is 1050. The summed E-state index contributed by atoms with van der Waals surface area (Å²) in [5.74, 6) is 0. The zero-order chi connectivity index (χ0) is 25.0. The van der Waals surface area contributed by atoms with Gasteiger partial charge in [-0.05, 0) is 45.2 Å². The van der Waals surface area contributed by atoms with Crippen LogP contribution in [0.2, 0.25) is 0 Å². The predicted molar refractivity (Wildman–Crippen MR) is 121 cm³/mol. The molecule has 0 spiro atoms. The normalized spacial score (nSPS) is 23.9. The third-order valence-corrected chi connectivity index (χ3v) is 7.44. The van der Waals surface area contributed by atoms with Crippen molar-refractivity contribution in [1.82, 2.24) is 19.2 Å². The number of aromatic nitrogens is 3. The van der Waals surface area contributed by atoms with Crippen molar-refractivity contribution in [2.45, 2.75) is 77.7 Å². The molecule has 3 rings (SSSR count). The first-order valence-electron chi connectivity index (χ1n) is 11.0. The van der Waals surface area contributed by atoms with Crippen molar-refractivity contribution in [2.75, 3.05) is 13.2 Å². The standard InChI is InChI=1S/C21H30F2N5O5P/c1-12(2)28(13(3)4)34(31-8-6-7-24)33-18-16(11-30-23)32-20(17(18)22)27-10-15-9-14(5)25-19(15)26-21(27)29/h9-10,12-13,16-18,20H,6,8,11H2,1-5H3,(H,25,26,29). The molecule has 1 N–H and O–H groups in total.